The van der Waals surface area contributed by atoms with Crippen LogP contribution in [0.3, 0.4) is 0 Å². The Morgan fingerprint density at radius 3 is 2.47 bits per heavy atom. The molecule has 1 aromatic rings. The van der Waals surface area contributed by atoms with Gasteiger partial charge < -0.3 is 5.73 Å². The van der Waals surface area contributed by atoms with Crippen molar-refractivity contribution in [2.24, 2.45) is 0 Å². The fourth-order valence-electron chi connectivity index (χ4n) is 1.85. The molecule has 0 amide bonds. The van der Waals surface area contributed by atoms with Gasteiger partial charge >= 0.3 is 0 Å². The first kappa shape index (κ1) is 14.5. The van der Waals surface area contributed by atoms with Gasteiger partial charge in [0.25, 0.3) is 0 Å². The molecule has 2 rings (SSSR count). The Labute approximate surface area is 114 Å². The molecule has 4 nitrogen and oxygen atoms in total. The van der Waals surface area contributed by atoms with Gasteiger partial charge in [0.15, 0.2) is 0 Å². The molecule has 0 saturated carbocycles. The first-order chi connectivity index (χ1) is 8.90. The van der Waals surface area contributed by atoms with Crippen molar-refractivity contribution in [2.75, 3.05) is 17.2 Å². The van der Waals surface area contributed by atoms with E-state index >= 15 is 0 Å². The van der Waals surface area contributed by atoms with Gasteiger partial charge in [-0.25, -0.2) is 21.9 Å². The zero-order valence-corrected chi connectivity index (χ0v) is 11.7. The molecule has 0 unspecified atom stereocenters. The standard InChI is InChI=1S/C11H14F2N2O2S2/c12-8-5-9(13)11(6-10(8)14)19(16,17)15-7-1-3-18-4-2-7/h5-7,15H,1-4,14H2. The minimum Gasteiger partial charge on any atom is -0.396 e. The number of rotatable bonds is 3. The highest BCUT2D eigenvalue weighted by Crippen LogP contribution is 2.23. The third-order valence-electron chi connectivity index (χ3n) is 2.88. The van der Waals surface area contributed by atoms with Crippen LogP contribution in [0.2, 0.25) is 0 Å². The van der Waals surface area contributed by atoms with Gasteiger partial charge in [0.05, 0.1) is 5.69 Å². The van der Waals surface area contributed by atoms with Gasteiger partial charge in [0.1, 0.15) is 16.5 Å². The number of nitrogens with two attached hydrogens (primary N) is 1. The molecule has 3 N–H and O–H groups in total. The van der Waals surface area contributed by atoms with Gasteiger partial charge in [-0.15, -0.1) is 0 Å². The van der Waals surface area contributed by atoms with Crippen LogP contribution in [0, 0.1) is 11.6 Å². The number of hydrogen-bond acceptors (Lipinski definition) is 4. The number of halogens is 2. The number of benzene rings is 1. The van der Waals surface area contributed by atoms with Crippen molar-refractivity contribution in [1.29, 1.82) is 0 Å². The molecule has 0 aliphatic carbocycles. The fraction of sp³-hybridized carbons (Fsp3) is 0.455. The largest absolute Gasteiger partial charge is 0.396 e. The Morgan fingerprint density at radius 2 is 1.84 bits per heavy atom. The van der Waals surface area contributed by atoms with E-state index in [1.807, 2.05) is 0 Å². The van der Waals surface area contributed by atoms with Gasteiger partial charge in [-0.3, -0.25) is 0 Å². The molecule has 1 aromatic carbocycles. The summed E-state index contributed by atoms with van der Waals surface area (Å²) in [6.07, 6.45) is 1.39. The van der Waals surface area contributed by atoms with Crippen molar-refractivity contribution in [2.45, 2.75) is 23.8 Å². The molecule has 0 atom stereocenters. The van der Waals surface area contributed by atoms with E-state index in [1.165, 1.54) is 0 Å². The number of nitrogens with one attached hydrogen (secondary N) is 1. The smallest absolute Gasteiger partial charge is 0.243 e. The first-order valence-corrected chi connectivity index (χ1v) is 8.38. The van der Waals surface area contributed by atoms with Gasteiger partial charge in [-0.1, -0.05) is 0 Å². The monoisotopic (exact) mass is 308 g/mol. The highest BCUT2D eigenvalue weighted by molar-refractivity contribution is 7.99. The molecule has 1 fully saturated rings. The molecule has 0 aromatic heterocycles. The van der Waals surface area contributed by atoms with Gasteiger partial charge in [0.2, 0.25) is 10.0 Å². The van der Waals surface area contributed by atoms with Crippen molar-refractivity contribution in [3.63, 3.8) is 0 Å². The predicted molar refractivity (Wildman–Crippen MR) is 71.4 cm³/mol. The summed E-state index contributed by atoms with van der Waals surface area (Å²) in [5.41, 5.74) is 4.89. The molecule has 1 saturated heterocycles. The fourth-order valence-corrected chi connectivity index (χ4v) is 4.35. The van der Waals surface area contributed by atoms with Crippen LogP contribution >= 0.6 is 11.8 Å². The van der Waals surface area contributed by atoms with E-state index < -0.39 is 26.6 Å². The van der Waals surface area contributed by atoms with E-state index in [0.717, 1.165) is 17.6 Å². The molecular formula is C11H14F2N2O2S2. The average molecular weight is 308 g/mol. The molecule has 1 aliphatic heterocycles. The maximum atomic E-state index is 13.6. The van der Waals surface area contributed by atoms with Crippen molar-refractivity contribution < 1.29 is 17.2 Å². The Kier molecular flexibility index (Phi) is 4.32. The lowest BCUT2D eigenvalue weighted by Gasteiger charge is -2.22. The minimum absolute atomic E-state index is 0.211. The summed E-state index contributed by atoms with van der Waals surface area (Å²) in [6.45, 7) is 0. The van der Waals surface area contributed by atoms with Crippen molar-refractivity contribution in [3.05, 3.63) is 23.8 Å². The summed E-state index contributed by atoms with van der Waals surface area (Å²) in [4.78, 5) is -0.607. The number of hydrogen-bond donors (Lipinski definition) is 2. The van der Waals surface area contributed by atoms with E-state index in [4.69, 9.17) is 5.73 Å². The summed E-state index contributed by atoms with van der Waals surface area (Å²) in [7, 11) is -4.01. The third-order valence-corrected chi connectivity index (χ3v) is 5.47. The third kappa shape index (κ3) is 3.37. The maximum absolute atomic E-state index is 13.6. The van der Waals surface area contributed by atoms with E-state index in [-0.39, 0.29) is 11.7 Å². The lowest BCUT2D eigenvalue weighted by Crippen LogP contribution is -2.37. The second-order valence-corrected chi connectivity index (χ2v) is 7.22. The summed E-state index contributed by atoms with van der Waals surface area (Å²) in [5.74, 6) is -0.377. The van der Waals surface area contributed by atoms with E-state index in [1.54, 1.807) is 11.8 Å². The first-order valence-electron chi connectivity index (χ1n) is 5.75. The zero-order chi connectivity index (χ0) is 14.0. The summed E-state index contributed by atoms with van der Waals surface area (Å²) >= 11 is 1.75. The maximum Gasteiger partial charge on any atom is 0.243 e. The Bertz CT molecular complexity index is 572. The van der Waals surface area contributed by atoms with Crippen LogP contribution in [0.4, 0.5) is 14.5 Å². The lowest BCUT2D eigenvalue weighted by molar-refractivity contribution is 0.516. The second kappa shape index (κ2) is 5.64. The van der Waals surface area contributed by atoms with Crippen LogP contribution < -0.4 is 10.5 Å². The minimum atomic E-state index is -4.01. The van der Waals surface area contributed by atoms with E-state index in [9.17, 15) is 17.2 Å². The highest BCUT2D eigenvalue weighted by atomic mass is 32.2. The van der Waals surface area contributed by atoms with Crippen LogP contribution in [0.25, 0.3) is 0 Å². The lowest BCUT2D eigenvalue weighted by atomic mass is 10.2. The second-order valence-electron chi connectivity index (χ2n) is 4.31. The van der Waals surface area contributed by atoms with Crippen LogP contribution in [-0.4, -0.2) is 26.0 Å². The number of anilines is 1. The van der Waals surface area contributed by atoms with Crippen LogP contribution in [0.15, 0.2) is 17.0 Å². The zero-order valence-electron chi connectivity index (χ0n) is 10.0. The SMILES string of the molecule is Nc1cc(S(=O)(=O)NC2CCSCC2)c(F)cc1F. The van der Waals surface area contributed by atoms with Gasteiger partial charge in [-0.05, 0) is 30.4 Å². The van der Waals surface area contributed by atoms with Gasteiger partial charge in [0, 0.05) is 12.1 Å². The number of nitrogen functional groups attached to an aromatic ring is 1. The van der Waals surface area contributed by atoms with Crippen molar-refractivity contribution in [3.8, 4) is 0 Å². The topological polar surface area (TPSA) is 72.2 Å². The summed E-state index contributed by atoms with van der Waals surface area (Å²) < 4.78 is 53.1. The summed E-state index contributed by atoms with van der Waals surface area (Å²) in [5, 5.41) is 0. The van der Waals surface area contributed by atoms with Crippen LogP contribution in [-0.2, 0) is 10.0 Å². The van der Waals surface area contributed by atoms with Gasteiger partial charge in [-0.2, -0.15) is 11.8 Å². The average Bonchev–Trinajstić information content (AvgIpc) is 2.34. The van der Waals surface area contributed by atoms with E-state index in [0.29, 0.717) is 18.9 Å². The quantitative estimate of drug-likeness (QED) is 0.834. The van der Waals surface area contributed by atoms with E-state index in [2.05, 4.69) is 4.72 Å². The van der Waals surface area contributed by atoms with Crippen LogP contribution in [0.1, 0.15) is 12.8 Å². The highest BCUT2D eigenvalue weighted by Gasteiger charge is 2.25. The Morgan fingerprint density at radius 1 is 1.21 bits per heavy atom. The molecule has 106 valence electrons. The predicted octanol–water partition coefficient (Wildman–Crippen LogP) is 1.72. The number of thioether (sulfide) groups is 1. The van der Waals surface area contributed by atoms with Crippen LogP contribution in [0.5, 0.6) is 0 Å². The normalized spacial score (nSPS) is 17.6. The number of sulfonamides is 1. The molecule has 1 heterocycles. The van der Waals surface area contributed by atoms with Crippen molar-refractivity contribution in [1.82, 2.24) is 4.72 Å². The molecule has 8 heteroatoms. The molecule has 1 aliphatic rings. The molecule has 0 radical (unpaired) electrons. The molecule has 0 bridgehead atoms. The van der Waals surface area contributed by atoms with Crippen molar-refractivity contribution >= 4 is 27.5 Å². The molecular weight excluding hydrogens is 294 g/mol. The Balaban J connectivity index is 2.26. The Hall–Kier alpha value is -0.860. The molecule has 0 spiro atoms. The molecule has 19 heavy (non-hydrogen) atoms. The summed E-state index contributed by atoms with van der Waals surface area (Å²) in [6, 6.07) is 1.09.